The Kier molecular flexibility index (Phi) is 8.17. The maximum Gasteiger partial charge on any atom is 0.137 e. The summed E-state index contributed by atoms with van der Waals surface area (Å²) >= 11 is 0. The summed E-state index contributed by atoms with van der Waals surface area (Å²) in [5.41, 5.74) is 15.6. The lowest BCUT2D eigenvalue weighted by Crippen LogP contribution is -2.09. The molecule has 0 aliphatic rings. The Labute approximate surface area is 353 Å². The van der Waals surface area contributed by atoms with E-state index in [0.717, 1.165) is 50.3 Å². The van der Waals surface area contributed by atoms with Crippen molar-refractivity contribution >= 4 is 71.6 Å². The number of benzene rings is 10. The van der Waals surface area contributed by atoms with Crippen molar-refractivity contribution in [1.82, 2.24) is 4.57 Å². The molecular weight excluding hydrogens is 741 g/mol. The monoisotopic (exact) mass is 778 g/mol. The fourth-order valence-electron chi connectivity index (χ4n) is 9.29. The zero-order valence-electron chi connectivity index (χ0n) is 33.2. The van der Waals surface area contributed by atoms with Crippen LogP contribution in [-0.2, 0) is 0 Å². The second-order valence-corrected chi connectivity index (χ2v) is 15.7. The van der Waals surface area contributed by atoms with Crippen molar-refractivity contribution in [2.24, 2.45) is 0 Å². The molecule has 2 aromatic heterocycles. The first-order valence-corrected chi connectivity index (χ1v) is 20.8. The lowest BCUT2D eigenvalue weighted by Gasteiger charge is -2.25. The van der Waals surface area contributed by atoms with Crippen LogP contribution in [0.3, 0.4) is 0 Å². The predicted molar refractivity (Wildman–Crippen MR) is 257 cm³/mol. The van der Waals surface area contributed by atoms with E-state index in [2.05, 4.69) is 228 Å². The summed E-state index contributed by atoms with van der Waals surface area (Å²) in [7, 11) is 0. The molecule has 3 heteroatoms. The highest BCUT2D eigenvalue weighted by Crippen LogP contribution is 2.45. The first kappa shape index (κ1) is 34.9. The highest BCUT2D eigenvalue weighted by Gasteiger charge is 2.21. The highest BCUT2D eigenvalue weighted by molar-refractivity contribution is 6.24. The fourth-order valence-corrected chi connectivity index (χ4v) is 9.29. The van der Waals surface area contributed by atoms with Crippen LogP contribution in [0.4, 0.5) is 17.1 Å². The van der Waals surface area contributed by atoms with Gasteiger partial charge in [-0.25, -0.2) is 0 Å². The van der Waals surface area contributed by atoms with Crippen molar-refractivity contribution in [3.8, 4) is 39.1 Å². The Hall–Kier alpha value is -8.14. The maximum atomic E-state index is 6.37. The van der Waals surface area contributed by atoms with Crippen LogP contribution in [0.25, 0.3) is 93.6 Å². The van der Waals surface area contributed by atoms with E-state index in [1.807, 2.05) is 12.1 Å². The van der Waals surface area contributed by atoms with Gasteiger partial charge in [0.15, 0.2) is 0 Å². The molecule has 0 fully saturated rings. The number of nitrogens with zero attached hydrogens (tertiary/aromatic N) is 2. The summed E-state index contributed by atoms with van der Waals surface area (Å²) < 4.78 is 8.85. The number of fused-ring (bicyclic) bond motifs is 8. The van der Waals surface area contributed by atoms with Gasteiger partial charge in [0.25, 0.3) is 0 Å². The minimum Gasteiger partial charge on any atom is -0.456 e. The van der Waals surface area contributed by atoms with Crippen LogP contribution in [0.15, 0.2) is 235 Å². The average Bonchev–Trinajstić information content (AvgIpc) is 3.88. The summed E-state index contributed by atoms with van der Waals surface area (Å²) in [6.07, 6.45) is 0. The van der Waals surface area contributed by atoms with Crippen LogP contribution in [-0.4, -0.2) is 4.57 Å². The largest absolute Gasteiger partial charge is 0.456 e. The summed E-state index contributed by atoms with van der Waals surface area (Å²) in [4.78, 5) is 2.31. The summed E-state index contributed by atoms with van der Waals surface area (Å²) in [5, 5.41) is 7.12. The summed E-state index contributed by atoms with van der Waals surface area (Å²) in [5.74, 6) is 0. The first-order valence-electron chi connectivity index (χ1n) is 20.8. The molecule has 0 spiro atoms. The van der Waals surface area contributed by atoms with Gasteiger partial charge in [-0.15, -0.1) is 0 Å². The van der Waals surface area contributed by atoms with Gasteiger partial charge in [0, 0.05) is 55.7 Å². The van der Waals surface area contributed by atoms with Gasteiger partial charge in [-0.05, 0) is 105 Å². The maximum absolute atomic E-state index is 6.37. The minimum absolute atomic E-state index is 0.872. The van der Waals surface area contributed by atoms with Gasteiger partial charge >= 0.3 is 0 Å². The van der Waals surface area contributed by atoms with Gasteiger partial charge in [-0.3, -0.25) is 0 Å². The molecule has 0 bridgehead atoms. The molecule has 0 amide bonds. The van der Waals surface area contributed by atoms with Gasteiger partial charge in [0.2, 0.25) is 0 Å². The number of rotatable bonds is 7. The third kappa shape index (κ3) is 5.90. The van der Waals surface area contributed by atoms with E-state index in [0.29, 0.717) is 0 Å². The van der Waals surface area contributed by atoms with Crippen LogP contribution < -0.4 is 4.90 Å². The van der Waals surface area contributed by atoms with E-state index in [9.17, 15) is 0 Å². The molecule has 12 aromatic rings. The molecule has 2 heterocycles. The second-order valence-electron chi connectivity index (χ2n) is 15.7. The third-order valence-electron chi connectivity index (χ3n) is 12.2. The highest BCUT2D eigenvalue weighted by atomic mass is 16.3. The quantitative estimate of drug-likeness (QED) is 0.161. The number of hydrogen-bond acceptors (Lipinski definition) is 2. The number of anilines is 3. The molecule has 10 aromatic carbocycles. The molecule has 286 valence electrons. The molecule has 61 heavy (non-hydrogen) atoms. The van der Waals surface area contributed by atoms with Crippen molar-refractivity contribution in [1.29, 1.82) is 0 Å². The molecule has 0 aliphatic heterocycles. The minimum atomic E-state index is 0.872. The number of hydrogen-bond donors (Lipinski definition) is 0. The molecule has 0 N–H and O–H groups in total. The van der Waals surface area contributed by atoms with Gasteiger partial charge in [-0.1, -0.05) is 158 Å². The zero-order valence-corrected chi connectivity index (χ0v) is 33.2. The van der Waals surface area contributed by atoms with Gasteiger partial charge in [-0.2, -0.15) is 0 Å². The van der Waals surface area contributed by atoms with E-state index < -0.39 is 0 Å². The van der Waals surface area contributed by atoms with Crippen molar-refractivity contribution in [3.05, 3.63) is 231 Å². The van der Waals surface area contributed by atoms with Gasteiger partial charge in [0.1, 0.15) is 11.2 Å². The topological polar surface area (TPSA) is 21.3 Å². The standard InChI is InChI=1S/C58H38N2O/c1-4-14-39(15-5-1)41-24-29-47(30-25-41)60-54-37-43(40-16-6-2-7-17-40)28-34-52(54)57-53(36-44-18-10-11-21-49(44)58(57)60)42-26-31-46(32-27-42)59(45-19-8-3-9-20-45)48-33-35-51-50-22-12-13-23-55(50)61-56(51)38-48/h1-38H. The normalized spacial score (nSPS) is 11.6. The number of furan rings is 1. The Balaban J connectivity index is 1.06. The van der Waals surface area contributed by atoms with Gasteiger partial charge in [0.05, 0.1) is 11.0 Å². The van der Waals surface area contributed by atoms with E-state index in [1.165, 1.54) is 60.4 Å². The lowest BCUT2D eigenvalue weighted by molar-refractivity contribution is 0.669. The lowest BCUT2D eigenvalue weighted by atomic mass is 9.94. The molecule has 3 nitrogen and oxygen atoms in total. The van der Waals surface area contributed by atoms with Crippen LogP contribution >= 0.6 is 0 Å². The molecule has 0 unspecified atom stereocenters. The van der Waals surface area contributed by atoms with Crippen LogP contribution in [0.5, 0.6) is 0 Å². The molecule has 12 rings (SSSR count). The van der Waals surface area contributed by atoms with Crippen LogP contribution in [0.1, 0.15) is 0 Å². The molecular formula is C58H38N2O. The number of aromatic nitrogens is 1. The predicted octanol–water partition coefficient (Wildman–Crippen LogP) is 16.3. The second kappa shape index (κ2) is 14.3. The fraction of sp³-hybridized carbons (Fsp3) is 0. The molecule has 0 radical (unpaired) electrons. The van der Waals surface area contributed by atoms with E-state index in [1.54, 1.807) is 0 Å². The van der Waals surface area contributed by atoms with Crippen molar-refractivity contribution < 1.29 is 4.42 Å². The Morgan fingerprint density at radius 1 is 0.344 bits per heavy atom. The van der Waals surface area contributed by atoms with E-state index >= 15 is 0 Å². The Morgan fingerprint density at radius 2 is 0.885 bits per heavy atom. The summed E-state index contributed by atoms with van der Waals surface area (Å²) in [6.45, 7) is 0. The third-order valence-corrected chi connectivity index (χ3v) is 12.2. The Bertz CT molecular complexity index is 3550. The smallest absolute Gasteiger partial charge is 0.137 e. The molecule has 0 saturated heterocycles. The number of para-hydroxylation sites is 2. The van der Waals surface area contributed by atoms with Gasteiger partial charge < -0.3 is 13.9 Å². The zero-order chi connectivity index (χ0) is 40.3. The van der Waals surface area contributed by atoms with Crippen LogP contribution in [0, 0.1) is 0 Å². The van der Waals surface area contributed by atoms with E-state index in [4.69, 9.17) is 4.42 Å². The van der Waals surface area contributed by atoms with Crippen molar-refractivity contribution in [3.63, 3.8) is 0 Å². The molecule has 0 aliphatic carbocycles. The van der Waals surface area contributed by atoms with E-state index in [-0.39, 0.29) is 0 Å². The molecule has 0 saturated carbocycles. The summed E-state index contributed by atoms with van der Waals surface area (Å²) in [6, 6.07) is 82.9. The van der Waals surface area contributed by atoms with Crippen molar-refractivity contribution in [2.75, 3.05) is 4.90 Å². The average molecular weight is 779 g/mol. The van der Waals surface area contributed by atoms with Crippen LogP contribution in [0.2, 0.25) is 0 Å². The SMILES string of the molecule is c1ccc(-c2ccc(-n3c4cc(-c5ccccc5)ccc4c4c(-c5ccc(N(c6ccccc6)c6ccc7c(c6)oc6ccccc67)cc5)cc5ccccc5c43)cc2)cc1. The first-order chi connectivity index (χ1) is 30.2. The Morgan fingerprint density at radius 3 is 1.64 bits per heavy atom. The van der Waals surface area contributed by atoms with Crippen molar-refractivity contribution in [2.45, 2.75) is 0 Å². The molecule has 0 atom stereocenters.